The molecular formula is C21H23F4N3O3. The minimum absolute atomic E-state index is 0.101. The van der Waals surface area contributed by atoms with E-state index < -0.39 is 24.5 Å². The first-order valence-electron chi connectivity index (χ1n) is 9.71. The Morgan fingerprint density at radius 2 is 2.06 bits per heavy atom. The zero-order chi connectivity index (χ0) is 22.6. The predicted octanol–water partition coefficient (Wildman–Crippen LogP) is 4.10. The topological polar surface area (TPSA) is 65.4 Å². The third-order valence-electron chi connectivity index (χ3n) is 4.88. The number of rotatable bonds is 9. The van der Waals surface area contributed by atoms with Crippen molar-refractivity contribution >= 4 is 5.91 Å². The van der Waals surface area contributed by atoms with Crippen LogP contribution in [0, 0.1) is 12.7 Å². The summed E-state index contributed by atoms with van der Waals surface area (Å²) in [4.78, 5) is 16.2. The molecule has 10 heteroatoms. The van der Waals surface area contributed by atoms with Crippen LogP contribution in [0.25, 0.3) is 11.3 Å². The molecule has 0 saturated heterocycles. The Morgan fingerprint density at radius 1 is 1.32 bits per heavy atom. The van der Waals surface area contributed by atoms with Crippen molar-refractivity contribution in [1.82, 2.24) is 14.9 Å². The Bertz CT molecular complexity index is 936. The van der Waals surface area contributed by atoms with Gasteiger partial charge in [-0.3, -0.25) is 9.53 Å². The Labute approximate surface area is 176 Å². The molecule has 1 N–H and O–H groups in total. The molecule has 1 aromatic carbocycles. The van der Waals surface area contributed by atoms with Gasteiger partial charge < -0.3 is 14.6 Å². The lowest BCUT2D eigenvalue weighted by Gasteiger charge is -2.34. The van der Waals surface area contributed by atoms with Crippen LogP contribution in [-0.4, -0.2) is 40.6 Å². The van der Waals surface area contributed by atoms with Crippen molar-refractivity contribution in [3.8, 4) is 11.3 Å². The van der Waals surface area contributed by atoms with Crippen LogP contribution < -0.4 is 5.32 Å². The highest BCUT2D eigenvalue weighted by atomic mass is 19.4. The van der Waals surface area contributed by atoms with Crippen LogP contribution in [0.15, 0.2) is 43.0 Å². The summed E-state index contributed by atoms with van der Waals surface area (Å²) in [5, 5.41) is 2.61. The zero-order valence-corrected chi connectivity index (χ0v) is 16.9. The Hall–Kier alpha value is -2.72. The number of allylic oxidation sites excluding steroid dienone is 1. The second-order valence-electron chi connectivity index (χ2n) is 7.45. The van der Waals surface area contributed by atoms with E-state index in [2.05, 4.69) is 21.6 Å². The average Bonchev–Trinajstić information content (AvgIpc) is 3.12. The third-order valence-corrected chi connectivity index (χ3v) is 4.88. The van der Waals surface area contributed by atoms with Crippen LogP contribution >= 0.6 is 0 Å². The predicted molar refractivity (Wildman–Crippen MR) is 104 cm³/mol. The number of alkyl halides is 3. The van der Waals surface area contributed by atoms with Gasteiger partial charge in [0.2, 0.25) is 5.91 Å². The fourth-order valence-electron chi connectivity index (χ4n) is 3.13. The second-order valence-corrected chi connectivity index (χ2v) is 7.45. The van der Waals surface area contributed by atoms with Gasteiger partial charge in [0.05, 0.1) is 24.2 Å². The summed E-state index contributed by atoms with van der Waals surface area (Å²) in [6.07, 6.45) is -1.88. The highest BCUT2D eigenvalue weighted by molar-refractivity contribution is 5.78. The van der Waals surface area contributed by atoms with Gasteiger partial charge in [-0.05, 0) is 30.7 Å². The Balaban J connectivity index is 1.35. The van der Waals surface area contributed by atoms with E-state index in [-0.39, 0.29) is 25.3 Å². The normalized spacial score (nSPS) is 18.5. The minimum Gasteiger partial charge on any atom is -0.368 e. The standard InChI is InChI=1S/C21H23F4N3O3/c1-13-7-15(3-4-18(13)22)19-10-28(12-26-19)6-5-14(2)27-20(29)11-30-16-8-17(9-16)31-21(23,24)25/h3-4,7,10,12,16-17H,2,5-6,8-9,11H2,1H3,(H,27,29). The van der Waals surface area contributed by atoms with Gasteiger partial charge in [0.15, 0.2) is 0 Å². The summed E-state index contributed by atoms with van der Waals surface area (Å²) in [5.41, 5.74) is 2.53. The molecule has 1 saturated carbocycles. The number of imidazole rings is 1. The number of hydrogen-bond donors (Lipinski definition) is 1. The molecule has 1 amide bonds. The van der Waals surface area contributed by atoms with Crippen LogP contribution in [0.3, 0.4) is 0 Å². The number of hydrogen-bond acceptors (Lipinski definition) is 4. The van der Waals surface area contributed by atoms with Crippen LogP contribution in [-0.2, 0) is 20.8 Å². The summed E-state index contributed by atoms with van der Waals surface area (Å²) in [6, 6.07) is 4.78. The molecule has 0 bridgehead atoms. The monoisotopic (exact) mass is 441 g/mol. The molecule has 1 aliphatic rings. The number of nitrogens with zero attached hydrogens (tertiary/aromatic N) is 2. The van der Waals surface area contributed by atoms with Crippen molar-refractivity contribution in [1.29, 1.82) is 0 Å². The maximum atomic E-state index is 13.4. The van der Waals surface area contributed by atoms with Gasteiger partial charge in [0.25, 0.3) is 0 Å². The molecule has 168 valence electrons. The molecule has 6 nitrogen and oxygen atoms in total. The molecule has 2 aromatic rings. The number of benzene rings is 1. The lowest BCUT2D eigenvalue weighted by molar-refractivity contribution is -0.357. The molecule has 1 fully saturated rings. The van der Waals surface area contributed by atoms with Gasteiger partial charge in [-0.15, -0.1) is 13.2 Å². The van der Waals surface area contributed by atoms with Gasteiger partial charge >= 0.3 is 6.36 Å². The number of carbonyl (C=O) groups is 1. The van der Waals surface area contributed by atoms with E-state index in [1.54, 1.807) is 25.4 Å². The second kappa shape index (κ2) is 9.61. The molecule has 0 unspecified atom stereocenters. The summed E-state index contributed by atoms with van der Waals surface area (Å²) < 4.78 is 60.6. The van der Waals surface area contributed by atoms with E-state index >= 15 is 0 Å². The summed E-state index contributed by atoms with van der Waals surface area (Å²) in [6.45, 7) is 5.75. The van der Waals surface area contributed by atoms with Gasteiger partial charge in [-0.1, -0.05) is 6.58 Å². The van der Waals surface area contributed by atoms with Gasteiger partial charge in [-0.2, -0.15) is 0 Å². The van der Waals surface area contributed by atoms with Crippen LogP contribution in [0.2, 0.25) is 0 Å². The van der Waals surface area contributed by atoms with E-state index in [4.69, 9.17) is 4.74 Å². The molecule has 1 aliphatic carbocycles. The van der Waals surface area contributed by atoms with Crippen LogP contribution in [0.1, 0.15) is 24.8 Å². The van der Waals surface area contributed by atoms with Crippen LogP contribution in [0.4, 0.5) is 17.6 Å². The Morgan fingerprint density at radius 3 is 2.74 bits per heavy atom. The number of amides is 1. The first-order valence-corrected chi connectivity index (χ1v) is 9.71. The van der Waals surface area contributed by atoms with Crippen LogP contribution in [0.5, 0.6) is 0 Å². The van der Waals surface area contributed by atoms with Crippen molar-refractivity contribution < 1.29 is 31.8 Å². The molecule has 1 aromatic heterocycles. The van der Waals surface area contributed by atoms with E-state index in [1.807, 2.05) is 10.8 Å². The number of nitrogens with one attached hydrogen (secondary N) is 1. The number of aryl methyl sites for hydroxylation is 2. The first kappa shape index (κ1) is 23.0. The number of aromatic nitrogens is 2. The van der Waals surface area contributed by atoms with Crippen molar-refractivity contribution in [3.63, 3.8) is 0 Å². The summed E-state index contributed by atoms with van der Waals surface area (Å²) in [7, 11) is 0. The highest BCUT2D eigenvalue weighted by Gasteiger charge is 2.40. The maximum absolute atomic E-state index is 13.4. The smallest absolute Gasteiger partial charge is 0.368 e. The van der Waals surface area contributed by atoms with Gasteiger partial charge in [-0.25, -0.2) is 9.37 Å². The fraction of sp³-hybridized carbons (Fsp3) is 0.429. The van der Waals surface area contributed by atoms with Crippen molar-refractivity contribution in [2.24, 2.45) is 0 Å². The highest BCUT2D eigenvalue weighted by Crippen LogP contribution is 2.32. The molecule has 0 aliphatic heterocycles. The minimum atomic E-state index is -4.65. The fourth-order valence-corrected chi connectivity index (χ4v) is 3.13. The van der Waals surface area contributed by atoms with Gasteiger partial charge in [0, 0.05) is 43.3 Å². The molecule has 1 heterocycles. The maximum Gasteiger partial charge on any atom is 0.522 e. The lowest BCUT2D eigenvalue weighted by atomic mass is 9.92. The molecule has 31 heavy (non-hydrogen) atoms. The molecule has 0 spiro atoms. The molecule has 0 radical (unpaired) electrons. The van der Waals surface area contributed by atoms with E-state index in [9.17, 15) is 22.4 Å². The Kier molecular flexibility index (Phi) is 7.11. The third kappa shape index (κ3) is 6.90. The van der Waals surface area contributed by atoms with E-state index in [1.165, 1.54) is 6.07 Å². The van der Waals surface area contributed by atoms with E-state index in [0.29, 0.717) is 29.9 Å². The SMILES string of the molecule is C=C(CCn1cnc(-c2ccc(F)c(C)c2)c1)NC(=O)COC1CC(OC(F)(F)F)C1. The summed E-state index contributed by atoms with van der Waals surface area (Å²) >= 11 is 0. The lowest BCUT2D eigenvalue weighted by Crippen LogP contribution is -2.42. The van der Waals surface area contributed by atoms with Gasteiger partial charge in [0.1, 0.15) is 12.4 Å². The van der Waals surface area contributed by atoms with Crippen molar-refractivity contribution in [2.75, 3.05) is 6.61 Å². The average molecular weight is 441 g/mol. The molecular weight excluding hydrogens is 418 g/mol. The largest absolute Gasteiger partial charge is 0.522 e. The molecule has 3 rings (SSSR count). The summed E-state index contributed by atoms with van der Waals surface area (Å²) in [5.74, 6) is -0.690. The quantitative estimate of drug-likeness (QED) is 0.595. The number of ether oxygens (including phenoxy) is 2. The number of carbonyl (C=O) groups excluding carboxylic acids is 1. The zero-order valence-electron chi connectivity index (χ0n) is 16.9. The molecule has 0 atom stereocenters. The van der Waals surface area contributed by atoms with E-state index in [0.717, 1.165) is 5.56 Å². The van der Waals surface area contributed by atoms with Crippen molar-refractivity contribution in [2.45, 2.75) is 51.3 Å². The van der Waals surface area contributed by atoms with Crippen molar-refractivity contribution in [3.05, 3.63) is 54.4 Å². The first-order chi connectivity index (χ1) is 14.6. The number of halogens is 4.